The minimum atomic E-state index is 0.791. The zero-order valence-corrected chi connectivity index (χ0v) is 11.4. The van der Waals surface area contributed by atoms with Gasteiger partial charge in [-0.3, -0.25) is 4.79 Å². The fourth-order valence-corrected chi connectivity index (χ4v) is 3.42. The number of rotatable bonds is 5. The third-order valence-corrected chi connectivity index (χ3v) is 4.39. The number of carbonyl (C=O) groups is 1. The topological polar surface area (TPSA) is 17.1 Å². The van der Waals surface area contributed by atoms with Crippen LogP contribution in [0, 0.1) is 11.8 Å². The summed E-state index contributed by atoms with van der Waals surface area (Å²) in [4.78, 5) is 11.1. The summed E-state index contributed by atoms with van der Waals surface area (Å²) in [5.41, 5.74) is 2.14. The number of benzene rings is 1. The van der Waals surface area contributed by atoms with Crippen molar-refractivity contribution in [3.8, 4) is 0 Å². The second kappa shape index (κ2) is 6.72. The summed E-state index contributed by atoms with van der Waals surface area (Å²) in [5.74, 6) is 1.67. The Labute approximate surface area is 111 Å². The first kappa shape index (κ1) is 13.3. The molecule has 0 spiro atoms. The van der Waals surface area contributed by atoms with Gasteiger partial charge in [0.15, 0.2) is 0 Å². The van der Waals surface area contributed by atoms with Gasteiger partial charge >= 0.3 is 0 Å². The molecular weight excluding hydrogens is 220 g/mol. The number of hydrogen-bond donors (Lipinski definition) is 0. The van der Waals surface area contributed by atoms with Crippen molar-refractivity contribution < 1.29 is 4.79 Å². The minimum Gasteiger partial charge on any atom is -0.298 e. The maximum Gasteiger partial charge on any atom is 0.150 e. The molecule has 98 valence electrons. The molecule has 1 fully saturated rings. The van der Waals surface area contributed by atoms with E-state index in [1.165, 1.54) is 44.1 Å². The molecule has 0 saturated heterocycles. The van der Waals surface area contributed by atoms with Crippen molar-refractivity contribution in [2.75, 3.05) is 0 Å². The summed E-state index contributed by atoms with van der Waals surface area (Å²) in [7, 11) is 0. The van der Waals surface area contributed by atoms with Crippen molar-refractivity contribution in [1.82, 2.24) is 0 Å². The lowest BCUT2D eigenvalue weighted by atomic mass is 9.74. The summed E-state index contributed by atoms with van der Waals surface area (Å²) >= 11 is 0. The van der Waals surface area contributed by atoms with Crippen molar-refractivity contribution in [1.29, 1.82) is 0 Å². The molecule has 0 aromatic heterocycles. The van der Waals surface area contributed by atoms with Gasteiger partial charge in [-0.15, -0.1) is 0 Å². The summed E-state index contributed by atoms with van der Waals surface area (Å²) in [6, 6.07) is 8.08. The number of hydrogen-bond acceptors (Lipinski definition) is 1. The van der Waals surface area contributed by atoms with Crippen LogP contribution in [0.2, 0.25) is 0 Å². The third-order valence-electron chi connectivity index (χ3n) is 4.39. The fourth-order valence-electron chi connectivity index (χ4n) is 3.42. The van der Waals surface area contributed by atoms with Gasteiger partial charge in [0.25, 0.3) is 0 Å². The van der Waals surface area contributed by atoms with E-state index in [0.717, 1.165) is 30.1 Å². The third kappa shape index (κ3) is 3.22. The van der Waals surface area contributed by atoms with E-state index in [0.29, 0.717) is 0 Å². The van der Waals surface area contributed by atoms with Crippen molar-refractivity contribution in [2.45, 2.75) is 51.9 Å². The van der Waals surface area contributed by atoms with Crippen molar-refractivity contribution >= 4 is 6.29 Å². The molecule has 2 rings (SSSR count). The maximum atomic E-state index is 11.1. The highest BCUT2D eigenvalue weighted by atomic mass is 16.1. The molecule has 0 heterocycles. The van der Waals surface area contributed by atoms with Crippen molar-refractivity contribution in [2.24, 2.45) is 11.8 Å². The predicted octanol–water partition coefficient (Wildman–Crippen LogP) is 4.65. The molecule has 0 amide bonds. The predicted molar refractivity (Wildman–Crippen MR) is 75.9 cm³/mol. The molecule has 0 N–H and O–H groups in total. The molecule has 1 aliphatic rings. The second-order valence-electron chi connectivity index (χ2n) is 5.61. The lowest BCUT2D eigenvalue weighted by molar-refractivity contribution is 0.112. The normalized spacial score (nSPS) is 23.8. The molecule has 1 aliphatic carbocycles. The molecule has 1 aromatic rings. The Balaban J connectivity index is 2.08. The molecule has 2 atom stereocenters. The van der Waals surface area contributed by atoms with E-state index in [1.807, 2.05) is 12.1 Å². The van der Waals surface area contributed by atoms with Gasteiger partial charge in [-0.25, -0.2) is 0 Å². The van der Waals surface area contributed by atoms with Gasteiger partial charge in [0, 0.05) is 5.56 Å². The molecule has 1 heteroatoms. The highest BCUT2D eigenvalue weighted by molar-refractivity contribution is 5.77. The van der Waals surface area contributed by atoms with Crippen LogP contribution in [0.1, 0.15) is 61.4 Å². The van der Waals surface area contributed by atoms with Gasteiger partial charge in [-0.05, 0) is 30.2 Å². The Hall–Kier alpha value is -1.11. The maximum absolute atomic E-state index is 11.1. The van der Waals surface area contributed by atoms with Gasteiger partial charge in [0.2, 0.25) is 0 Å². The Morgan fingerprint density at radius 1 is 1.17 bits per heavy atom. The standard InChI is InChI=1S/C17H24O/c1-2-7-14-8-3-4-9-15(14)12-16-10-5-6-11-17(16)13-18/h5-6,10-11,13-15H,2-4,7-9,12H2,1H3. The average molecular weight is 244 g/mol. The van der Waals surface area contributed by atoms with Gasteiger partial charge in [0.1, 0.15) is 6.29 Å². The summed E-state index contributed by atoms with van der Waals surface area (Å²) in [6.07, 6.45) is 10.3. The first-order chi connectivity index (χ1) is 8.85. The van der Waals surface area contributed by atoms with Crippen LogP contribution in [-0.4, -0.2) is 6.29 Å². The van der Waals surface area contributed by atoms with Gasteiger partial charge in [-0.2, -0.15) is 0 Å². The monoisotopic (exact) mass is 244 g/mol. The molecule has 2 unspecified atom stereocenters. The van der Waals surface area contributed by atoms with E-state index in [9.17, 15) is 4.79 Å². The van der Waals surface area contributed by atoms with E-state index >= 15 is 0 Å². The SMILES string of the molecule is CCCC1CCCCC1Cc1ccccc1C=O. The van der Waals surface area contributed by atoms with Crippen LogP contribution in [0.25, 0.3) is 0 Å². The average Bonchev–Trinajstić information content (AvgIpc) is 2.42. The summed E-state index contributed by atoms with van der Waals surface area (Å²) < 4.78 is 0. The van der Waals surface area contributed by atoms with Crippen LogP contribution >= 0.6 is 0 Å². The quantitative estimate of drug-likeness (QED) is 0.689. The molecular formula is C17H24O. The highest BCUT2D eigenvalue weighted by Crippen LogP contribution is 2.35. The Bertz CT molecular complexity index is 381. The minimum absolute atomic E-state index is 0.791. The first-order valence-electron chi connectivity index (χ1n) is 7.38. The van der Waals surface area contributed by atoms with Gasteiger partial charge < -0.3 is 0 Å². The number of aldehydes is 1. The highest BCUT2D eigenvalue weighted by Gasteiger charge is 2.24. The van der Waals surface area contributed by atoms with Crippen molar-refractivity contribution in [3.63, 3.8) is 0 Å². The van der Waals surface area contributed by atoms with E-state index in [-0.39, 0.29) is 0 Å². The summed E-state index contributed by atoms with van der Waals surface area (Å²) in [5, 5.41) is 0. The lowest BCUT2D eigenvalue weighted by Gasteiger charge is -2.31. The molecule has 0 bridgehead atoms. The van der Waals surface area contributed by atoms with Crippen LogP contribution in [-0.2, 0) is 6.42 Å². The molecule has 0 aliphatic heterocycles. The van der Waals surface area contributed by atoms with Crippen LogP contribution in [0.5, 0.6) is 0 Å². The van der Waals surface area contributed by atoms with Crippen molar-refractivity contribution in [3.05, 3.63) is 35.4 Å². The lowest BCUT2D eigenvalue weighted by Crippen LogP contribution is -2.22. The Morgan fingerprint density at radius 2 is 1.89 bits per heavy atom. The smallest absolute Gasteiger partial charge is 0.150 e. The van der Waals surface area contributed by atoms with Gasteiger partial charge in [0.05, 0.1) is 0 Å². The fraction of sp³-hybridized carbons (Fsp3) is 0.588. The van der Waals surface area contributed by atoms with E-state index in [4.69, 9.17) is 0 Å². The molecule has 18 heavy (non-hydrogen) atoms. The summed E-state index contributed by atoms with van der Waals surface area (Å²) in [6.45, 7) is 2.28. The second-order valence-corrected chi connectivity index (χ2v) is 5.61. The zero-order valence-electron chi connectivity index (χ0n) is 11.4. The van der Waals surface area contributed by atoms with Crippen LogP contribution in [0.3, 0.4) is 0 Å². The molecule has 1 saturated carbocycles. The van der Waals surface area contributed by atoms with Crippen LogP contribution < -0.4 is 0 Å². The van der Waals surface area contributed by atoms with E-state index in [2.05, 4.69) is 19.1 Å². The van der Waals surface area contributed by atoms with Crippen LogP contribution in [0.15, 0.2) is 24.3 Å². The largest absolute Gasteiger partial charge is 0.298 e. The number of carbonyl (C=O) groups excluding carboxylic acids is 1. The van der Waals surface area contributed by atoms with Gasteiger partial charge in [-0.1, -0.05) is 63.3 Å². The van der Waals surface area contributed by atoms with Crippen LogP contribution in [0.4, 0.5) is 0 Å². The Kier molecular flexibility index (Phi) is 4.98. The first-order valence-corrected chi connectivity index (χ1v) is 7.38. The zero-order chi connectivity index (χ0) is 12.8. The molecule has 0 radical (unpaired) electrons. The van der Waals surface area contributed by atoms with E-state index < -0.39 is 0 Å². The molecule has 1 nitrogen and oxygen atoms in total. The Morgan fingerprint density at radius 3 is 2.61 bits per heavy atom. The molecule has 1 aromatic carbocycles. The van der Waals surface area contributed by atoms with E-state index in [1.54, 1.807) is 0 Å².